The molecule has 0 aliphatic heterocycles. The number of hydrogen-bond acceptors (Lipinski definition) is 3. The van der Waals surface area contributed by atoms with Crippen molar-refractivity contribution in [1.29, 1.82) is 0 Å². The second-order valence-electron chi connectivity index (χ2n) is 4.23. The lowest BCUT2D eigenvalue weighted by molar-refractivity contribution is 0.382. The maximum atomic E-state index is 13.5. The molecule has 1 N–H and O–H groups in total. The molecule has 0 spiro atoms. The fourth-order valence-electron chi connectivity index (χ4n) is 1.64. The van der Waals surface area contributed by atoms with Gasteiger partial charge >= 0.3 is 0 Å². The Morgan fingerprint density at radius 2 is 1.26 bits per heavy atom. The first-order chi connectivity index (χ1) is 10.7. The number of halogens is 5. The van der Waals surface area contributed by atoms with Crippen molar-refractivity contribution in [2.24, 2.45) is 0 Å². The fraction of sp³-hybridized carbons (Fsp3) is 0.0769. The fourth-order valence-corrected chi connectivity index (χ4v) is 2.70. The van der Waals surface area contributed by atoms with Crippen molar-refractivity contribution >= 4 is 15.7 Å². The average Bonchev–Trinajstić information content (AvgIpc) is 2.55. The van der Waals surface area contributed by atoms with Crippen LogP contribution in [0.4, 0.5) is 27.6 Å². The zero-order valence-electron chi connectivity index (χ0n) is 11.3. The average molecular weight is 353 g/mol. The summed E-state index contributed by atoms with van der Waals surface area (Å²) in [5, 5.41) is 0. The highest BCUT2D eigenvalue weighted by molar-refractivity contribution is 7.92. The lowest BCUT2D eigenvalue weighted by Crippen LogP contribution is -2.17. The molecule has 0 aromatic heterocycles. The van der Waals surface area contributed by atoms with Gasteiger partial charge in [0.15, 0.2) is 23.3 Å². The van der Waals surface area contributed by atoms with Gasteiger partial charge in [-0.3, -0.25) is 4.72 Å². The van der Waals surface area contributed by atoms with Crippen molar-refractivity contribution in [2.75, 3.05) is 11.8 Å². The van der Waals surface area contributed by atoms with E-state index in [4.69, 9.17) is 4.74 Å². The third-order valence-electron chi connectivity index (χ3n) is 2.82. The summed E-state index contributed by atoms with van der Waals surface area (Å²) in [6, 6.07) is 4.56. The molecule has 23 heavy (non-hydrogen) atoms. The number of methoxy groups -OCH3 is 1. The molecular weight excluding hydrogens is 345 g/mol. The van der Waals surface area contributed by atoms with E-state index < -0.39 is 49.7 Å². The highest BCUT2D eigenvalue weighted by Gasteiger charge is 2.28. The molecule has 0 atom stereocenters. The SMILES string of the molecule is COc1ccc(S(=O)(=O)Nc2c(F)c(F)c(F)c(F)c2F)cc1. The van der Waals surface area contributed by atoms with Crippen LogP contribution in [0.5, 0.6) is 5.75 Å². The van der Waals surface area contributed by atoms with Gasteiger partial charge in [0.2, 0.25) is 5.82 Å². The smallest absolute Gasteiger partial charge is 0.262 e. The summed E-state index contributed by atoms with van der Waals surface area (Å²) in [5.74, 6) is -11.1. The normalized spacial score (nSPS) is 11.4. The first-order valence-electron chi connectivity index (χ1n) is 5.87. The molecule has 0 saturated carbocycles. The van der Waals surface area contributed by atoms with Gasteiger partial charge in [-0.05, 0) is 24.3 Å². The predicted molar refractivity (Wildman–Crippen MR) is 70.0 cm³/mol. The molecule has 4 nitrogen and oxygen atoms in total. The van der Waals surface area contributed by atoms with E-state index in [-0.39, 0.29) is 0 Å². The molecule has 10 heteroatoms. The first-order valence-corrected chi connectivity index (χ1v) is 7.35. The molecule has 0 radical (unpaired) electrons. The van der Waals surface area contributed by atoms with Crippen LogP contribution in [0.3, 0.4) is 0 Å². The Kier molecular flexibility index (Phi) is 4.46. The highest BCUT2D eigenvalue weighted by Crippen LogP contribution is 2.29. The number of nitrogens with one attached hydrogen (secondary N) is 1. The monoisotopic (exact) mass is 353 g/mol. The van der Waals surface area contributed by atoms with E-state index in [0.717, 1.165) is 12.1 Å². The summed E-state index contributed by atoms with van der Waals surface area (Å²) < 4.78 is 96.2. The van der Waals surface area contributed by atoms with Crippen molar-refractivity contribution in [3.63, 3.8) is 0 Å². The highest BCUT2D eigenvalue weighted by atomic mass is 32.2. The second-order valence-corrected chi connectivity index (χ2v) is 5.91. The number of ether oxygens (including phenoxy) is 1. The maximum Gasteiger partial charge on any atom is 0.262 e. The zero-order chi connectivity index (χ0) is 17.4. The molecule has 124 valence electrons. The minimum atomic E-state index is -4.57. The Morgan fingerprint density at radius 3 is 1.70 bits per heavy atom. The number of anilines is 1. The third-order valence-corrected chi connectivity index (χ3v) is 4.18. The van der Waals surface area contributed by atoms with Crippen LogP contribution in [0, 0.1) is 29.1 Å². The van der Waals surface area contributed by atoms with Crippen molar-refractivity contribution in [2.45, 2.75) is 4.90 Å². The van der Waals surface area contributed by atoms with Crippen molar-refractivity contribution in [3.8, 4) is 5.75 Å². The summed E-state index contributed by atoms with van der Waals surface area (Å²) in [6.07, 6.45) is 0. The van der Waals surface area contributed by atoms with Gasteiger partial charge in [-0.15, -0.1) is 0 Å². The quantitative estimate of drug-likeness (QED) is 0.522. The molecule has 2 aromatic rings. The predicted octanol–water partition coefficient (Wildman–Crippen LogP) is 3.19. The Labute approximate surface area is 127 Å². The Bertz CT molecular complexity index is 824. The van der Waals surface area contributed by atoms with Crippen molar-refractivity contribution in [1.82, 2.24) is 0 Å². The number of rotatable bonds is 4. The molecule has 0 unspecified atom stereocenters. The van der Waals surface area contributed by atoms with Gasteiger partial charge in [-0.2, -0.15) is 0 Å². The lowest BCUT2D eigenvalue weighted by Gasteiger charge is -2.11. The van der Waals surface area contributed by atoms with Crippen LogP contribution >= 0.6 is 0 Å². The number of benzene rings is 2. The molecule has 0 aliphatic rings. The van der Waals surface area contributed by atoms with E-state index in [1.165, 1.54) is 24.0 Å². The topological polar surface area (TPSA) is 55.4 Å². The second kappa shape index (κ2) is 6.03. The van der Waals surface area contributed by atoms with Crippen LogP contribution in [-0.2, 0) is 10.0 Å². The molecule has 2 aromatic carbocycles. The Balaban J connectivity index is 2.49. The molecule has 2 rings (SSSR count). The number of hydrogen-bond donors (Lipinski definition) is 1. The minimum Gasteiger partial charge on any atom is -0.497 e. The Hall–Kier alpha value is -2.36. The van der Waals surface area contributed by atoms with Gasteiger partial charge in [0.1, 0.15) is 11.4 Å². The van der Waals surface area contributed by atoms with Crippen molar-refractivity contribution < 1.29 is 35.1 Å². The first kappa shape index (κ1) is 17.0. The van der Waals surface area contributed by atoms with Crippen molar-refractivity contribution in [3.05, 3.63) is 53.4 Å². The molecule has 0 saturated heterocycles. The van der Waals surface area contributed by atoms with E-state index in [0.29, 0.717) is 5.75 Å². The largest absolute Gasteiger partial charge is 0.497 e. The van der Waals surface area contributed by atoms with Gasteiger partial charge in [0.05, 0.1) is 12.0 Å². The standard InChI is InChI=1S/C13H8F5NO3S/c1-22-6-2-4-7(5-3-6)23(20,21)19-13-11(17)9(15)8(14)10(16)12(13)18/h2-5,19H,1H3. The van der Waals surface area contributed by atoms with E-state index in [1.54, 1.807) is 0 Å². The summed E-state index contributed by atoms with van der Waals surface area (Å²) in [4.78, 5) is -0.456. The molecule has 0 heterocycles. The van der Waals surface area contributed by atoms with E-state index in [9.17, 15) is 30.4 Å². The van der Waals surface area contributed by atoms with Gasteiger partial charge in [-0.1, -0.05) is 0 Å². The molecule has 0 aliphatic carbocycles. The van der Waals surface area contributed by atoms with Gasteiger partial charge in [0, 0.05) is 0 Å². The summed E-state index contributed by atoms with van der Waals surface area (Å²) in [7, 11) is -3.24. The summed E-state index contributed by atoms with van der Waals surface area (Å²) in [6.45, 7) is 0. The van der Waals surface area contributed by atoms with E-state index in [1.807, 2.05) is 0 Å². The van der Waals surface area contributed by atoms with Gasteiger partial charge in [-0.25, -0.2) is 30.4 Å². The molecule has 0 fully saturated rings. The maximum absolute atomic E-state index is 13.5. The van der Waals surface area contributed by atoms with Crippen LogP contribution in [0.25, 0.3) is 0 Å². The molecular formula is C13H8F5NO3S. The van der Waals surface area contributed by atoms with Crippen LogP contribution in [0.1, 0.15) is 0 Å². The minimum absolute atomic E-state index is 0.306. The Morgan fingerprint density at radius 1 is 0.826 bits per heavy atom. The van der Waals surface area contributed by atoms with Gasteiger partial charge in [0.25, 0.3) is 10.0 Å². The van der Waals surface area contributed by atoms with Gasteiger partial charge < -0.3 is 4.74 Å². The summed E-state index contributed by atoms with van der Waals surface area (Å²) in [5.41, 5.74) is -1.66. The molecule has 0 bridgehead atoms. The van der Waals surface area contributed by atoms with Crippen LogP contribution in [0.15, 0.2) is 29.2 Å². The van der Waals surface area contributed by atoms with Crippen LogP contribution < -0.4 is 9.46 Å². The van der Waals surface area contributed by atoms with Crippen LogP contribution in [-0.4, -0.2) is 15.5 Å². The van der Waals surface area contributed by atoms with Crippen LogP contribution in [0.2, 0.25) is 0 Å². The summed E-state index contributed by atoms with van der Waals surface area (Å²) >= 11 is 0. The van der Waals surface area contributed by atoms with E-state index >= 15 is 0 Å². The lowest BCUT2D eigenvalue weighted by atomic mass is 10.2. The zero-order valence-corrected chi connectivity index (χ0v) is 12.1. The van der Waals surface area contributed by atoms with E-state index in [2.05, 4.69) is 0 Å². The number of sulfonamides is 1. The third kappa shape index (κ3) is 3.07. The molecule has 0 amide bonds.